The van der Waals surface area contributed by atoms with Gasteiger partial charge in [-0.2, -0.15) is 0 Å². The first kappa shape index (κ1) is 15.2. The third-order valence-electron chi connectivity index (χ3n) is 2.46. The van der Waals surface area contributed by atoms with Gasteiger partial charge in [-0.3, -0.25) is 0 Å². The molecule has 1 heterocycles. The largest absolute Gasteiger partial charge is 0.465 e. The van der Waals surface area contributed by atoms with Crippen LogP contribution in [0.15, 0.2) is 12.3 Å². The van der Waals surface area contributed by atoms with Crippen molar-refractivity contribution in [2.75, 3.05) is 37.9 Å². The number of aromatic nitrogens is 1. The fourth-order valence-corrected chi connectivity index (χ4v) is 1.49. The van der Waals surface area contributed by atoms with E-state index in [-0.39, 0.29) is 0 Å². The standard InChI is InChI=1S/C13H21N3O3/c1-3-6-19-7-4-5-15-12-8-10(13(17)18-2)11(14)9-16-12/h8-9H,3-7,14H2,1-2H3,(H,15,16). The molecule has 0 saturated heterocycles. The van der Waals surface area contributed by atoms with Gasteiger partial charge in [0.25, 0.3) is 0 Å². The summed E-state index contributed by atoms with van der Waals surface area (Å²) in [4.78, 5) is 15.6. The molecule has 0 unspecified atom stereocenters. The van der Waals surface area contributed by atoms with E-state index in [4.69, 9.17) is 10.5 Å². The van der Waals surface area contributed by atoms with Gasteiger partial charge in [0.15, 0.2) is 0 Å². The van der Waals surface area contributed by atoms with Gasteiger partial charge in [0.05, 0.1) is 24.6 Å². The number of nitrogens with zero attached hydrogens (tertiary/aromatic N) is 1. The van der Waals surface area contributed by atoms with Crippen LogP contribution >= 0.6 is 0 Å². The summed E-state index contributed by atoms with van der Waals surface area (Å²) in [5.41, 5.74) is 6.29. The summed E-state index contributed by atoms with van der Waals surface area (Å²) in [7, 11) is 1.32. The Morgan fingerprint density at radius 3 is 2.95 bits per heavy atom. The van der Waals surface area contributed by atoms with Crippen LogP contribution < -0.4 is 11.1 Å². The number of carbonyl (C=O) groups excluding carboxylic acids is 1. The van der Waals surface area contributed by atoms with Gasteiger partial charge in [0.1, 0.15) is 5.82 Å². The number of nitrogens with two attached hydrogens (primary N) is 1. The number of nitrogen functional groups attached to an aromatic ring is 1. The van der Waals surface area contributed by atoms with Crippen molar-refractivity contribution < 1.29 is 14.3 Å². The van der Waals surface area contributed by atoms with E-state index in [1.165, 1.54) is 13.3 Å². The highest BCUT2D eigenvalue weighted by Gasteiger charge is 2.11. The van der Waals surface area contributed by atoms with Crippen molar-refractivity contribution in [1.29, 1.82) is 0 Å². The van der Waals surface area contributed by atoms with E-state index in [2.05, 4.69) is 22.0 Å². The molecule has 0 atom stereocenters. The monoisotopic (exact) mass is 267 g/mol. The fraction of sp³-hybridized carbons (Fsp3) is 0.538. The lowest BCUT2D eigenvalue weighted by Gasteiger charge is -2.08. The van der Waals surface area contributed by atoms with Crippen LogP contribution in [-0.4, -0.2) is 37.8 Å². The van der Waals surface area contributed by atoms with Crippen LogP contribution in [0, 0.1) is 0 Å². The molecule has 3 N–H and O–H groups in total. The van der Waals surface area contributed by atoms with Gasteiger partial charge in [-0.25, -0.2) is 9.78 Å². The summed E-state index contributed by atoms with van der Waals surface area (Å²) in [6.45, 7) is 4.29. The van der Waals surface area contributed by atoms with Crippen molar-refractivity contribution in [3.8, 4) is 0 Å². The Morgan fingerprint density at radius 1 is 1.47 bits per heavy atom. The minimum atomic E-state index is -0.464. The zero-order chi connectivity index (χ0) is 14.1. The highest BCUT2D eigenvalue weighted by atomic mass is 16.5. The van der Waals surface area contributed by atoms with E-state index < -0.39 is 5.97 Å². The molecule has 106 valence electrons. The predicted octanol–water partition coefficient (Wildman–Crippen LogP) is 1.68. The van der Waals surface area contributed by atoms with Crippen LogP contribution in [0.3, 0.4) is 0 Å². The second kappa shape index (κ2) is 8.31. The molecule has 0 amide bonds. The smallest absolute Gasteiger partial charge is 0.340 e. The third kappa shape index (κ3) is 5.13. The third-order valence-corrected chi connectivity index (χ3v) is 2.46. The average Bonchev–Trinajstić information content (AvgIpc) is 2.43. The number of hydrogen-bond acceptors (Lipinski definition) is 6. The zero-order valence-corrected chi connectivity index (χ0v) is 11.4. The Morgan fingerprint density at radius 2 is 2.26 bits per heavy atom. The minimum Gasteiger partial charge on any atom is -0.465 e. The first-order valence-corrected chi connectivity index (χ1v) is 6.34. The average molecular weight is 267 g/mol. The number of ether oxygens (including phenoxy) is 2. The molecule has 0 radical (unpaired) electrons. The maximum Gasteiger partial charge on any atom is 0.340 e. The van der Waals surface area contributed by atoms with Gasteiger partial charge in [0.2, 0.25) is 0 Å². The molecule has 19 heavy (non-hydrogen) atoms. The fourth-order valence-electron chi connectivity index (χ4n) is 1.49. The molecule has 6 heteroatoms. The quantitative estimate of drug-likeness (QED) is 0.550. The Labute approximate surface area is 113 Å². The van der Waals surface area contributed by atoms with Gasteiger partial charge in [-0.15, -0.1) is 0 Å². The zero-order valence-electron chi connectivity index (χ0n) is 11.4. The van der Waals surface area contributed by atoms with E-state index in [0.29, 0.717) is 23.7 Å². The molecule has 0 fully saturated rings. The Bertz CT molecular complexity index is 410. The lowest BCUT2D eigenvalue weighted by atomic mass is 10.2. The first-order chi connectivity index (χ1) is 9.19. The van der Waals surface area contributed by atoms with E-state index in [9.17, 15) is 4.79 Å². The van der Waals surface area contributed by atoms with Gasteiger partial charge >= 0.3 is 5.97 Å². The summed E-state index contributed by atoms with van der Waals surface area (Å²) in [6.07, 6.45) is 3.34. The number of hydrogen-bond donors (Lipinski definition) is 2. The van der Waals surface area contributed by atoms with Crippen LogP contribution in [-0.2, 0) is 9.47 Å². The summed E-state index contributed by atoms with van der Waals surface area (Å²) in [6, 6.07) is 1.59. The second-order valence-electron chi connectivity index (χ2n) is 4.04. The summed E-state index contributed by atoms with van der Waals surface area (Å²) in [5, 5.41) is 3.11. The Kier molecular flexibility index (Phi) is 6.67. The molecule has 1 aromatic rings. The van der Waals surface area contributed by atoms with Crippen molar-refractivity contribution in [1.82, 2.24) is 4.98 Å². The van der Waals surface area contributed by atoms with E-state index in [0.717, 1.165) is 26.0 Å². The van der Waals surface area contributed by atoms with Gasteiger partial charge < -0.3 is 20.5 Å². The molecular weight excluding hydrogens is 246 g/mol. The SMILES string of the molecule is CCCOCCCNc1cc(C(=O)OC)c(N)cn1. The van der Waals surface area contributed by atoms with E-state index in [1.807, 2.05) is 0 Å². The molecule has 1 aromatic heterocycles. The molecule has 0 spiro atoms. The molecule has 0 aromatic carbocycles. The molecule has 0 bridgehead atoms. The molecule has 6 nitrogen and oxygen atoms in total. The van der Waals surface area contributed by atoms with Crippen molar-refractivity contribution >= 4 is 17.5 Å². The van der Waals surface area contributed by atoms with Gasteiger partial charge in [-0.1, -0.05) is 6.92 Å². The van der Waals surface area contributed by atoms with Crippen molar-refractivity contribution in [3.63, 3.8) is 0 Å². The number of nitrogens with one attached hydrogen (secondary N) is 1. The number of esters is 1. The Balaban J connectivity index is 2.44. The van der Waals surface area contributed by atoms with Crippen LogP contribution in [0.4, 0.5) is 11.5 Å². The minimum absolute atomic E-state index is 0.309. The normalized spacial score (nSPS) is 10.2. The molecule has 0 aliphatic carbocycles. The second-order valence-corrected chi connectivity index (χ2v) is 4.04. The molecule has 0 aliphatic rings. The number of pyridine rings is 1. The lowest BCUT2D eigenvalue weighted by Crippen LogP contribution is -2.10. The predicted molar refractivity (Wildman–Crippen MR) is 74.2 cm³/mol. The highest BCUT2D eigenvalue weighted by molar-refractivity contribution is 5.95. The van der Waals surface area contributed by atoms with Crippen molar-refractivity contribution in [2.45, 2.75) is 19.8 Å². The van der Waals surface area contributed by atoms with Crippen molar-refractivity contribution in [2.24, 2.45) is 0 Å². The van der Waals surface area contributed by atoms with Gasteiger partial charge in [-0.05, 0) is 18.9 Å². The lowest BCUT2D eigenvalue weighted by molar-refractivity contribution is 0.0602. The molecular formula is C13H21N3O3. The number of rotatable bonds is 8. The van der Waals surface area contributed by atoms with Gasteiger partial charge in [0, 0.05) is 19.8 Å². The van der Waals surface area contributed by atoms with E-state index in [1.54, 1.807) is 6.07 Å². The molecule has 1 rings (SSSR count). The maximum absolute atomic E-state index is 11.5. The summed E-state index contributed by atoms with van der Waals surface area (Å²) in [5.74, 6) is 0.138. The summed E-state index contributed by atoms with van der Waals surface area (Å²) < 4.78 is 10.0. The highest BCUT2D eigenvalue weighted by Crippen LogP contribution is 2.15. The first-order valence-electron chi connectivity index (χ1n) is 6.34. The maximum atomic E-state index is 11.5. The summed E-state index contributed by atoms with van der Waals surface area (Å²) >= 11 is 0. The van der Waals surface area contributed by atoms with Crippen LogP contribution in [0.25, 0.3) is 0 Å². The van der Waals surface area contributed by atoms with Crippen LogP contribution in [0.5, 0.6) is 0 Å². The van der Waals surface area contributed by atoms with Crippen LogP contribution in [0.1, 0.15) is 30.1 Å². The van der Waals surface area contributed by atoms with E-state index >= 15 is 0 Å². The number of anilines is 2. The number of carbonyl (C=O) groups is 1. The number of methoxy groups -OCH3 is 1. The van der Waals surface area contributed by atoms with Crippen LogP contribution in [0.2, 0.25) is 0 Å². The topological polar surface area (TPSA) is 86.5 Å². The van der Waals surface area contributed by atoms with Crippen molar-refractivity contribution in [3.05, 3.63) is 17.8 Å². The molecule has 0 saturated carbocycles. The Hall–Kier alpha value is -1.82. The molecule has 0 aliphatic heterocycles.